The number of rotatable bonds is 5. The van der Waals surface area contributed by atoms with Gasteiger partial charge in [-0.2, -0.15) is 0 Å². The van der Waals surface area contributed by atoms with Crippen molar-refractivity contribution in [3.63, 3.8) is 0 Å². The van der Waals surface area contributed by atoms with Crippen LogP contribution in [0.5, 0.6) is 0 Å². The first-order valence-corrected chi connectivity index (χ1v) is 9.63. The van der Waals surface area contributed by atoms with Crippen LogP contribution in [-0.2, 0) is 17.9 Å². The van der Waals surface area contributed by atoms with E-state index in [1.807, 2.05) is 17.5 Å². The Morgan fingerprint density at radius 3 is 2.69 bits per heavy atom. The van der Waals surface area contributed by atoms with E-state index in [4.69, 9.17) is 0 Å². The molecule has 0 aliphatic carbocycles. The largest absolute Gasteiger partial charge is 0.303 e. The quantitative estimate of drug-likeness (QED) is 0.499. The molecule has 0 fully saturated rings. The Bertz CT molecular complexity index is 1240. The average molecular weight is 411 g/mol. The Morgan fingerprint density at radius 1 is 1.10 bits per heavy atom. The summed E-state index contributed by atoms with van der Waals surface area (Å²) in [5.41, 5.74) is 0.589. The summed E-state index contributed by atoms with van der Waals surface area (Å²) in [6.07, 6.45) is 1.15. The molecule has 8 heteroatoms. The van der Waals surface area contributed by atoms with Gasteiger partial charge in [0, 0.05) is 10.9 Å². The second kappa shape index (κ2) is 7.92. The number of nitrogens with zero attached hydrogens (tertiary/aromatic N) is 3. The lowest BCUT2D eigenvalue weighted by atomic mass is 10.2. The number of carbonyl (C=O) groups excluding carboxylic acids is 1. The van der Waals surface area contributed by atoms with Gasteiger partial charge in [0.25, 0.3) is 5.56 Å². The first kappa shape index (κ1) is 18.9. The van der Waals surface area contributed by atoms with E-state index in [9.17, 15) is 18.4 Å². The first-order valence-electron chi connectivity index (χ1n) is 8.75. The standard InChI is InChI=1S/C21H15F2N3O2S/c22-14-7-8-18(16(23)10-14)25(12-15-4-3-9-29-15)21(28)13-26-19-6-2-1-5-17(19)24-11-20(26)27/h1-11H,12-13H2. The van der Waals surface area contributed by atoms with E-state index in [-0.39, 0.29) is 18.8 Å². The molecular formula is C21H15F2N3O2S. The SMILES string of the molecule is O=C(Cn1c(=O)cnc2ccccc21)N(Cc1cccs1)c1ccc(F)cc1F. The fourth-order valence-electron chi connectivity index (χ4n) is 3.06. The summed E-state index contributed by atoms with van der Waals surface area (Å²) in [5, 5.41) is 1.85. The maximum Gasteiger partial charge on any atom is 0.269 e. The maximum absolute atomic E-state index is 14.5. The second-order valence-electron chi connectivity index (χ2n) is 6.33. The molecule has 5 nitrogen and oxygen atoms in total. The van der Waals surface area contributed by atoms with Crippen LogP contribution >= 0.6 is 11.3 Å². The smallest absolute Gasteiger partial charge is 0.269 e. The third-order valence-corrected chi connectivity index (χ3v) is 5.30. The fourth-order valence-corrected chi connectivity index (χ4v) is 3.76. The number of carbonyl (C=O) groups is 1. The van der Waals surface area contributed by atoms with Crippen molar-refractivity contribution in [3.8, 4) is 0 Å². The van der Waals surface area contributed by atoms with Crippen molar-refractivity contribution in [2.75, 3.05) is 4.90 Å². The summed E-state index contributed by atoms with van der Waals surface area (Å²) in [5.74, 6) is -2.07. The molecule has 0 saturated carbocycles. The van der Waals surface area contributed by atoms with Gasteiger partial charge in [0.2, 0.25) is 5.91 Å². The molecule has 4 rings (SSSR count). The monoisotopic (exact) mass is 411 g/mol. The number of thiophene rings is 1. The zero-order chi connectivity index (χ0) is 20.4. The summed E-state index contributed by atoms with van der Waals surface area (Å²) in [4.78, 5) is 31.7. The molecule has 29 heavy (non-hydrogen) atoms. The molecule has 146 valence electrons. The minimum atomic E-state index is -0.846. The van der Waals surface area contributed by atoms with Crippen molar-refractivity contribution in [2.24, 2.45) is 0 Å². The lowest BCUT2D eigenvalue weighted by Gasteiger charge is -2.23. The van der Waals surface area contributed by atoms with Crippen LogP contribution in [0.25, 0.3) is 11.0 Å². The van der Waals surface area contributed by atoms with E-state index in [1.165, 1.54) is 26.9 Å². The molecule has 0 atom stereocenters. The first-order chi connectivity index (χ1) is 14.0. The number of hydrogen-bond acceptors (Lipinski definition) is 4. The van der Waals surface area contributed by atoms with Gasteiger partial charge >= 0.3 is 0 Å². The maximum atomic E-state index is 14.5. The Hall–Kier alpha value is -3.39. The van der Waals surface area contributed by atoms with Crippen molar-refractivity contribution in [1.82, 2.24) is 9.55 Å². The van der Waals surface area contributed by atoms with Crippen LogP contribution in [0.4, 0.5) is 14.5 Å². The zero-order valence-corrected chi connectivity index (χ0v) is 15.9. The van der Waals surface area contributed by atoms with Crippen LogP contribution in [-0.4, -0.2) is 15.5 Å². The highest BCUT2D eigenvalue weighted by molar-refractivity contribution is 7.09. The average Bonchev–Trinajstić information content (AvgIpc) is 3.22. The fraction of sp³-hybridized carbons (Fsp3) is 0.0952. The molecule has 4 aromatic rings. The predicted octanol–water partition coefficient (Wildman–Crippen LogP) is 3.97. The number of fused-ring (bicyclic) bond motifs is 1. The third kappa shape index (κ3) is 3.93. The Labute approximate surface area is 168 Å². The van der Waals surface area contributed by atoms with Gasteiger partial charge in [0.1, 0.15) is 18.2 Å². The number of hydrogen-bond donors (Lipinski definition) is 0. The molecule has 0 spiro atoms. The minimum Gasteiger partial charge on any atom is -0.303 e. The van der Waals surface area contributed by atoms with E-state index in [1.54, 1.807) is 24.3 Å². The normalized spacial score (nSPS) is 11.0. The molecule has 0 bridgehead atoms. The number of aromatic nitrogens is 2. The summed E-state index contributed by atoms with van der Waals surface area (Å²) in [6, 6.07) is 13.7. The molecule has 2 heterocycles. The third-order valence-electron chi connectivity index (χ3n) is 4.44. The number of amides is 1. The summed E-state index contributed by atoms with van der Waals surface area (Å²) in [6.45, 7) is -0.194. The van der Waals surface area contributed by atoms with Crippen LogP contribution in [0.2, 0.25) is 0 Å². The number of para-hydroxylation sites is 2. The molecular weight excluding hydrogens is 396 g/mol. The lowest BCUT2D eigenvalue weighted by molar-refractivity contribution is -0.119. The lowest BCUT2D eigenvalue weighted by Crippen LogP contribution is -2.36. The molecule has 1 amide bonds. The van der Waals surface area contributed by atoms with Gasteiger partial charge in [0.15, 0.2) is 0 Å². The number of benzene rings is 2. The summed E-state index contributed by atoms with van der Waals surface area (Å²) < 4.78 is 29.1. The molecule has 2 aromatic heterocycles. The predicted molar refractivity (Wildman–Crippen MR) is 108 cm³/mol. The van der Waals surface area contributed by atoms with E-state index >= 15 is 0 Å². The molecule has 0 N–H and O–H groups in total. The zero-order valence-electron chi connectivity index (χ0n) is 15.1. The molecule has 0 aliphatic rings. The van der Waals surface area contributed by atoms with Gasteiger partial charge in [-0.25, -0.2) is 13.8 Å². The van der Waals surface area contributed by atoms with Crippen molar-refractivity contribution in [1.29, 1.82) is 0 Å². The Kier molecular flexibility index (Phi) is 5.18. The Morgan fingerprint density at radius 2 is 1.93 bits per heavy atom. The van der Waals surface area contributed by atoms with Gasteiger partial charge in [0.05, 0.1) is 29.5 Å². The topological polar surface area (TPSA) is 55.2 Å². The highest BCUT2D eigenvalue weighted by Crippen LogP contribution is 2.24. The number of halogens is 2. The van der Waals surface area contributed by atoms with Crippen molar-refractivity contribution >= 4 is 34.0 Å². The molecule has 0 radical (unpaired) electrons. The van der Waals surface area contributed by atoms with Crippen LogP contribution < -0.4 is 10.5 Å². The number of anilines is 1. The summed E-state index contributed by atoms with van der Waals surface area (Å²) >= 11 is 1.42. The molecule has 0 saturated heterocycles. The highest BCUT2D eigenvalue weighted by Gasteiger charge is 2.22. The highest BCUT2D eigenvalue weighted by atomic mass is 32.1. The van der Waals surface area contributed by atoms with Crippen molar-refractivity contribution < 1.29 is 13.6 Å². The molecule has 0 unspecified atom stereocenters. The van der Waals surface area contributed by atoms with Gasteiger partial charge < -0.3 is 4.90 Å². The molecule has 2 aromatic carbocycles. The summed E-state index contributed by atoms with van der Waals surface area (Å²) in [7, 11) is 0. The van der Waals surface area contributed by atoms with Gasteiger partial charge in [-0.1, -0.05) is 18.2 Å². The van der Waals surface area contributed by atoms with Crippen LogP contribution in [0.3, 0.4) is 0 Å². The van der Waals surface area contributed by atoms with Gasteiger partial charge in [-0.15, -0.1) is 11.3 Å². The molecule has 0 aliphatic heterocycles. The van der Waals surface area contributed by atoms with E-state index in [2.05, 4.69) is 4.98 Å². The van der Waals surface area contributed by atoms with E-state index in [0.29, 0.717) is 11.0 Å². The van der Waals surface area contributed by atoms with Crippen LogP contribution in [0.1, 0.15) is 4.88 Å². The minimum absolute atomic E-state index is 0.0452. The van der Waals surface area contributed by atoms with Crippen molar-refractivity contribution in [3.05, 3.63) is 93.0 Å². The van der Waals surface area contributed by atoms with Crippen molar-refractivity contribution in [2.45, 2.75) is 13.1 Å². The van der Waals surface area contributed by atoms with Gasteiger partial charge in [-0.3, -0.25) is 14.2 Å². The van der Waals surface area contributed by atoms with Gasteiger partial charge in [-0.05, 0) is 35.7 Å². The van der Waals surface area contributed by atoms with E-state index < -0.39 is 23.1 Å². The Balaban J connectivity index is 1.74. The van der Waals surface area contributed by atoms with Crippen LogP contribution in [0, 0.1) is 11.6 Å². The second-order valence-corrected chi connectivity index (χ2v) is 7.36. The van der Waals surface area contributed by atoms with E-state index in [0.717, 1.165) is 23.2 Å². The van der Waals surface area contributed by atoms with Crippen LogP contribution in [0.15, 0.2) is 71.0 Å².